The molecule has 27 heavy (non-hydrogen) atoms. The lowest BCUT2D eigenvalue weighted by molar-refractivity contribution is -0.117. The SMILES string of the molecule is COc1c(-c2c[nH]c3nc(NC(=O)C4CC4F)ccc23)ccc2scnc12. The van der Waals surface area contributed by atoms with E-state index >= 15 is 0 Å². The van der Waals surface area contributed by atoms with E-state index in [-0.39, 0.29) is 5.91 Å². The molecule has 4 aromatic rings. The Labute approximate surface area is 157 Å². The minimum atomic E-state index is -1.03. The fraction of sp³-hybridized carbons (Fsp3) is 0.211. The van der Waals surface area contributed by atoms with Gasteiger partial charge in [0.15, 0.2) is 5.75 Å². The van der Waals surface area contributed by atoms with E-state index < -0.39 is 12.1 Å². The molecule has 2 atom stereocenters. The van der Waals surface area contributed by atoms with Gasteiger partial charge >= 0.3 is 0 Å². The highest BCUT2D eigenvalue weighted by Gasteiger charge is 2.43. The first-order valence-corrected chi connectivity index (χ1v) is 9.37. The Kier molecular flexibility index (Phi) is 3.61. The van der Waals surface area contributed by atoms with Crippen LogP contribution in [-0.4, -0.2) is 34.1 Å². The molecule has 136 valence electrons. The molecule has 8 heteroatoms. The number of pyridine rings is 1. The summed E-state index contributed by atoms with van der Waals surface area (Å²) >= 11 is 1.56. The number of carbonyl (C=O) groups is 1. The van der Waals surface area contributed by atoms with Gasteiger partial charge in [-0.3, -0.25) is 4.79 Å². The molecule has 1 aliphatic rings. The number of aromatic nitrogens is 3. The number of methoxy groups -OCH3 is 1. The van der Waals surface area contributed by atoms with E-state index in [9.17, 15) is 9.18 Å². The number of H-pyrrole nitrogens is 1. The van der Waals surface area contributed by atoms with Crippen molar-refractivity contribution < 1.29 is 13.9 Å². The average Bonchev–Trinajstić information content (AvgIpc) is 3.07. The molecule has 0 aliphatic heterocycles. The highest BCUT2D eigenvalue weighted by molar-refractivity contribution is 7.16. The van der Waals surface area contributed by atoms with Crippen LogP contribution in [0.15, 0.2) is 36.0 Å². The van der Waals surface area contributed by atoms with Gasteiger partial charge in [-0.1, -0.05) is 0 Å². The van der Waals surface area contributed by atoms with Crippen molar-refractivity contribution in [3.05, 3.63) is 36.0 Å². The van der Waals surface area contributed by atoms with E-state index in [0.29, 0.717) is 17.9 Å². The molecule has 1 fully saturated rings. The van der Waals surface area contributed by atoms with E-state index in [2.05, 4.69) is 20.3 Å². The van der Waals surface area contributed by atoms with Crippen molar-refractivity contribution in [2.24, 2.45) is 5.92 Å². The molecule has 2 unspecified atom stereocenters. The summed E-state index contributed by atoms with van der Waals surface area (Å²) in [6.45, 7) is 0. The van der Waals surface area contributed by atoms with Gasteiger partial charge in [-0.2, -0.15) is 0 Å². The van der Waals surface area contributed by atoms with Crippen LogP contribution in [0, 0.1) is 5.92 Å². The van der Waals surface area contributed by atoms with Crippen LogP contribution in [0.1, 0.15) is 6.42 Å². The Morgan fingerprint density at radius 3 is 2.96 bits per heavy atom. The van der Waals surface area contributed by atoms with E-state index in [1.54, 1.807) is 30.0 Å². The first kappa shape index (κ1) is 16.2. The van der Waals surface area contributed by atoms with Gasteiger partial charge in [0.05, 0.1) is 23.2 Å². The van der Waals surface area contributed by atoms with E-state index in [4.69, 9.17) is 4.74 Å². The zero-order valence-corrected chi connectivity index (χ0v) is 15.1. The zero-order chi connectivity index (χ0) is 18.5. The fourth-order valence-electron chi connectivity index (χ4n) is 3.28. The minimum absolute atomic E-state index is 0.291. The Morgan fingerprint density at radius 1 is 1.33 bits per heavy atom. The Morgan fingerprint density at radius 2 is 2.19 bits per heavy atom. The number of nitrogens with one attached hydrogen (secondary N) is 2. The molecule has 3 aromatic heterocycles. The number of thiazole rings is 1. The number of halogens is 1. The van der Waals surface area contributed by atoms with Crippen molar-refractivity contribution in [2.75, 3.05) is 12.4 Å². The molecule has 1 amide bonds. The summed E-state index contributed by atoms with van der Waals surface area (Å²) in [5.74, 6) is 0.254. The number of rotatable bonds is 4. The quantitative estimate of drug-likeness (QED) is 0.556. The highest BCUT2D eigenvalue weighted by Crippen LogP contribution is 2.40. The summed E-state index contributed by atoms with van der Waals surface area (Å²) in [7, 11) is 1.63. The molecule has 3 heterocycles. The molecule has 1 aliphatic carbocycles. The monoisotopic (exact) mass is 382 g/mol. The third kappa shape index (κ3) is 2.64. The van der Waals surface area contributed by atoms with Gasteiger partial charge in [0.25, 0.3) is 0 Å². The number of amides is 1. The molecule has 1 saturated carbocycles. The van der Waals surface area contributed by atoms with E-state index in [0.717, 1.165) is 32.5 Å². The Bertz CT molecular complexity index is 1190. The Balaban J connectivity index is 1.54. The Hall–Kier alpha value is -3.00. The molecule has 5 rings (SSSR count). The van der Waals surface area contributed by atoms with Crippen molar-refractivity contribution in [3.63, 3.8) is 0 Å². The molecule has 6 nitrogen and oxygen atoms in total. The van der Waals surface area contributed by atoms with Gasteiger partial charge in [0, 0.05) is 22.7 Å². The lowest BCUT2D eigenvalue weighted by atomic mass is 10.0. The standard InChI is InChI=1S/C19H15FN4O2S/c1-26-17-9(2-4-14-16(17)22-8-27-14)12-7-21-18-10(12)3-5-15(23-18)24-19(25)11-6-13(11)20/h2-5,7-8,11,13H,6H2,1H3,(H2,21,23,24,25). The maximum atomic E-state index is 13.0. The van der Waals surface area contributed by atoms with Gasteiger partial charge in [-0.05, 0) is 30.7 Å². The number of anilines is 1. The van der Waals surface area contributed by atoms with Gasteiger partial charge in [-0.15, -0.1) is 11.3 Å². The number of nitrogens with zero attached hydrogens (tertiary/aromatic N) is 2. The van der Waals surface area contributed by atoms with Crippen molar-refractivity contribution in [1.29, 1.82) is 0 Å². The number of hydrogen-bond acceptors (Lipinski definition) is 5. The molecular formula is C19H15FN4O2S. The smallest absolute Gasteiger partial charge is 0.231 e. The number of ether oxygens (including phenoxy) is 1. The second-order valence-electron chi connectivity index (χ2n) is 6.49. The largest absolute Gasteiger partial charge is 0.494 e. The van der Waals surface area contributed by atoms with Crippen molar-refractivity contribution in [1.82, 2.24) is 15.0 Å². The molecule has 0 spiro atoms. The topological polar surface area (TPSA) is 79.9 Å². The average molecular weight is 382 g/mol. The first-order valence-electron chi connectivity index (χ1n) is 8.49. The second-order valence-corrected chi connectivity index (χ2v) is 7.37. The number of aromatic amines is 1. The summed E-state index contributed by atoms with van der Waals surface area (Å²) in [6, 6.07) is 7.64. The van der Waals surface area contributed by atoms with Crippen LogP contribution in [-0.2, 0) is 4.79 Å². The van der Waals surface area contributed by atoms with Gasteiger partial charge in [-0.25, -0.2) is 14.4 Å². The summed E-state index contributed by atoms with van der Waals surface area (Å²) in [6.07, 6.45) is 1.12. The third-order valence-electron chi connectivity index (χ3n) is 4.79. The zero-order valence-electron chi connectivity index (χ0n) is 14.3. The lowest BCUT2D eigenvalue weighted by Crippen LogP contribution is -2.15. The van der Waals surface area contributed by atoms with Gasteiger partial charge < -0.3 is 15.0 Å². The number of hydrogen-bond donors (Lipinski definition) is 2. The predicted octanol–water partition coefficient (Wildman–Crippen LogP) is 4.14. The van der Waals surface area contributed by atoms with Crippen LogP contribution in [0.2, 0.25) is 0 Å². The number of alkyl halides is 1. The predicted molar refractivity (Wildman–Crippen MR) is 103 cm³/mol. The third-order valence-corrected chi connectivity index (χ3v) is 5.58. The summed E-state index contributed by atoms with van der Waals surface area (Å²) in [5.41, 5.74) is 5.12. The maximum absolute atomic E-state index is 13.0. The van der Waals surface area contributed by atoms with Crippen LogP contribution in [0.4, 0.5) is 10.2 Å². The van der Waals surface area contributed by atoms with E-state index in [1.165, 1.54) is 0 Å². The van der Waals surface area contributed by atoms with Crippen molar-refractivity contribution in [3.8, 4) is 16.9 Å². The first-order chi connectivity index (χ1) is 13.2. The van der Waals surface area contributed by atoms with Gasteiger partial charge in [0.2, 0.25) is 5.91 Å². The normalized spacial score (nSPS) is 18.7. The summed E-state index contributed by atoms with van der Waals surface area (Å²) in [5, 5.41) is 3.57. The minimum Gasteiger partial charge on any atom is -0.494 e. The fourth-order valence-corrected chi connectivity index (χ4v) is 3.95. The molecule has 2 N–H and O–H groups in total. The maximum Gasteiger partial charge on any atom is 0.231 e. The van der Waals surface area contributed by atoms with Crippen LogP contribution in [0.5, 0.6) is 5.75 Å². The van der Waals surface area contributed by atoms with Crippen molar-refractivity contribution in [2.45, 2.75) is 12.6 Å². The van der Waals surface area contributed by atoms with Crippen LogP contribution in [0.3, 0.4) is 0 Å². The number of carbonyl (C=O) groups excluding carboxylic acids is 1. The molecule has 0 radical (unpaired) electrons. The lowest BCUT2D eigenvalue weighted by Gasteiger charge is -2.08. The molecule has 1 aromatic carbocycles. The molecule has 0 bridgehead atoms. The van der Waals surface area contributed by atoms with Gasteiger partial charge in [0.1, 0.15) is 23.2 Å². The highest BCUT2D eigenvalue weighted by atomic mass is 32.1. The summed E-state index contributed by atoms with van der Waals surface area (Å²) in [4.78, 5) is 23.9. The molecular weight excluding hydrogens is 367 g/mol. The number of fused-ring (bicyclic) bond motifs is 2. The number of benzene rings is 1. The van der Waals surface area contributed by atoms with Crippen LogP contribution >= 0.6 is 11.3 Å². The molecule has 0 saturated heterocycles. The van der Waals surface area contributed by atoms with Crippen LogP contribution < -0.4 is 10.1 Å². The second kappa shape index (κ2) is 6.02. The summed E-state index contributed by atoms with van der Waals surface area (Å²) < 4.78 is 19.7. The van der Waals surface area contributed by atoms with E-state index in [1.807, 2.05) is 24.4 Å². The van der Waals surface area contributed by atoms with Crippen LogP contribution in [0.25, 0.3) is 32.4 Å². The van der Waals surface area contributed by atoms with Crippen molar-refractivity contribution >= 4 is 44.3 Å².